The molecule has 2 nitrogen and oxygen atoms in total. The van der Waals surface area contributed by atoms with Crippen LogP contribution in [0.5, 0.6) is 0 Å². The van der Waals surface area contributed by atoms with Gasteiger partial charge in [0.1, 0.15) is 11.6 Å². The summed E-state index contributed by atoms with van der Waals surface area (Å²) in [6.07, 6.45) is 1.30. The van der Waals surface area contributed by atoms with Crippen LogP contribution in [0.15, 0.2) is 30.3 Å². The van der Waals surface area contributed by atoms with E-state index < -0.39 is 0 Å². The fraction of sp³-hybridized carbons (Fsp3) is 0.333. The second kappa shape index (κ2) is 3.74. The Morgan fingerprint density at radius 2 is 1.86 bits per heavy atom. The third kappa shape index (κ3) is 1.90. The Morgan fingerprint density at radius 1 is 1.14 bits per heavy atom. The van der Waals surface area contributed by atoms with Gasteiger partial charge in [-0.15, -0.1) is 0 Å². The second-order valence-electron chi connectivity index (χ2n) is 3.77. The Bertz CT molecular complexity index is 354. The molecule has 14 heavy (non-hydrogen) atoms. The Kier molecular flexibility index (Phi) is 2.44. The van der Waals surface area contributed by atoms with Gasteiger partial charge in [0.15, 0.2) is 0 Å². The molecule has 1 saturated carbocycles. The largest absolute Gasteiger partial charge is 0.299 e. The van der Waals surface area contributed by atoms with Gasteiger partial charge in [-0.2, -0.15) is 0 Å². The standard InChI is InChI=1S/C12H12O2/c13-11-7-10(12(14)8-11)6-9-4-2-1-3-5-9/h1-5,10H,6-8H2/t10-/m1/s1. The van der Waals surface area contributed by atoms with Crippen molar-refractivity contribution in [1.82, 2.24) is 0 Å². The summed E-state index contributed by atoms with van der Waals surface area (Å²) in [4.78, 5) is 22.4. The van der Waals surface area contributed by atoms with Gasteiger partial charge >= 0.3 is 0 Å². The minimum atomic E-state index is -0.0649. The number of rotatable bonds is 2. The van der Waals surface area contributed by atoms with Crippen molar-refractivity contribution in [2.24, 2.45) is 5.92 Å². The molecule has 0 spiro atoms. The summed E-state index contributed by atoms with van der Waals surface area (Å²) in [5.41, 5.74) is 1.14. The number of hydrogen-bond donors (Lipinski definition) is 0. The molecule has 0 N–H and O–H groups in total. The van der Waals surface area contributed by atoms with Gasteiger partial charge in [0, 0.05) is 12.3 Å². The van der Waals surface area contributed by atoms with E-state index in [4.69, 9.17) is 0 Å². The maximum atomic E-state index is 11.4. The van der Waals surface area contributed by atoms with Gasteiger partial charge in [-0.05, 0) is 12.0 Å². The molecule has 0 saturated heterocycles. The molecule has 72 valence electrons. The van der Waals surface area contributed by atoms with E-state index in [-0.39, 0.29) is 23.9 Å². The van der Waals surface area contributed by atoms with Crippen LogP contribution in [0, 0.1) is 5.92 Å². The van der Waals surface area contributed by atoms with Crippen LogP contribution in [0.3, 0.4) is 0 Å². The maximum absolute atomic E-state index is 11.4. The minimum absolute atomic E-state index is 0.0649. The lowest BCUT2D eigenvalue weighted by molar-refractivity contribution is -0.122. The lowest BCUT2D eigenvalue weighted by atomic mass is 9.97. The third-order valence-corrected chi connectivity index (χ3v) is 2.63. The lowest BCUT2D eigenvalue weighted by Gasteiger charge is -2.05. The van der Waals surface area contributed by atoms with Gasteiger partial charge in [-0.25, -0.2) is 0 Å². The number of carbonyl (C=O) groups excluding carboxylic acids is 2. The quantitative estimate of drug-likeness (QED) is 0.663. The monoisotopic (exact) mass is 188 g/mol. The van der Waals surface area contributed by atoms with E-state index in [0.717, 1.165) is 5.56 Å². The summed E-state index contributed by atoms with van der Waals surface area (Å²) in [6.45, 7) is 0. The van der Waals surface area contributed by atoms with E-state index in [1.165, 1.54) is 0 Å². The molecule has 1 fully saturated rings. The van der Waals surface area contributed by atoms with Crippen molar-refractivity contribution in [2.75, 3.05) is 0 Å². The van der Waals surface area contributed by atoms with E-state index in [1.807, 2.05) is 30.3 Å². The van der Waals surface area contributed by atoms with Crippen LogP contribution in [-0.2, 0) is 16.0 Å². The highest BCUT2D eigenvalue weighted by Crippen LogP contribution is 2.22. The normalized spacial score (nSPS) is 21.6. The van der Waals surface area contributed by atoms with E-state index in [0.29, 0.717) is 12.8 Å². The van der Waals surface area contributed by atoms with E-state index in [1.54, 1.807) is 0 Å². The molecule has 1 aliphatic rings. The molecule has 0 aliphatic heterocycles. The highest BCUT2D eigenvalue weighted by atomic mass is 16.2. The highest BCUT2D eigenvalue weighted by Gasteiger charge is 2.30. The lowest BCUT2D eigenvalue weighted by Crippen LogP contribution is -2.09. The Hall–Kier alpha value is -1.44. The summed E-state index contributed by atoms with van der Waals surface area (Å²) in [6, 6.07) is 9.85. The summed E-state index contributed by atoms with van der Waals surface area (Å²) < 4.78 is 0. The predicted octanol–water partition coefficient (Wildman–Crippen LogP) is 1.78. The zero-order valence-corrected chi connectivity index (χ0v) is 7.90. The van der Waals surface area contributed by atoms with Crippen LogP contribution < -0.4 is 0 Å². The van der Waals surface area contributed by atoms with Crippen LogP contribution in [-0.4, -0.2) is 11.6 Å². The molecule has 1 aromatic rings. The number of benzene rings is 1. The van der Waals surface area contributed by atoms with Crippen LogP contribution >= 0.6 is 0 Å². The Morgan fingerprint density at radius 3 is 2.43 bits per heavy atom. The van der Waals surface area contributed by atoms with Gasteiger partial charge in [0.25, 0.3) is 0 Å². The van der Waals surface area contributed by atoms with Crippen molar-refractivity contribution in [1.29, 1.82) is 0 Å². The van der Waals surface area contributed by atoms with Crippen molar-refractivity contribution in [3.63, 3.8) is 0 Å². The molecule has 0 radical (unpaired) electrons. The van der Waals surface area contributed by atoms with Crippen LogP contribution in [0.4, 0.5) is 0 Å². The first-order chi connectivity index (χ1) is 6.75. The Balaban J connectivity index is 2.05. The zero-order valence-electron chi connectivity index (χ0n) is 7.90. The predicted molar refractivity (Wildman–Crippen MR) is 52.9 cm³/mol. The zero-order chi connectivity index (χ0) is 9.97. The summed E-state index contributed by atoms with van der Waals surface area (Å²) in [5.74, 6) is 0.139. The maximum Gasteiger partial charge on any atom is 0.144 e. The number of carbonyl (C=O) groups is 2. The summed E-state index contributed by atoms with van der Waals surface area (Å²) in [7, 11) is 0. The van der Waals surface area contributed by atoms with Crippen molar-refractivity contribution in [3.05, 3.63) is 35.9 Å². The van der Waals surface area contributed by atoms with E-state index in [2.05, 4.69) is 0 Å². The summed E-state index contributed by atoms with van der Waals surface area (Å²) >= 11 is 0. The van der Waals surface area contributed by atoms with Crippen molar-refractivity contribution in [2.45, 2.75) is 19.3 Å². The fourth-order valence-corrected chi connectivity index (χ4v) is 1.88. The topological polar surface area (TPSA) is 34.1 Å². The van der Waals surface area contributed by atoms with Gasteiger partial charge in [0.05, 0.1) is 6.42 Å². The van der Waals surface area contributed by atoms with Gasteiger partial charge in [0.2, 0.25) is 0 Å². The molecule has 0 heterocycles. The van der Waals surface area contributed by atoms with Crippen LogP contribution in [0.2, 0.25) is 0 Å². The molecule has 2 rings (SSSR count). The number of hydrogen-bond acceptors (Lipinski definition) is 2. The smallest absolute Gasteiger partial charge is 0.144 e. The number of Topliss-reactive ketones (excluding diaryl/α,β-unsaturated/α-hetero) is 2. The molecule has 1 aromatic carbocycles. The highest BCUT2D eigenvalue weighted by molar-refractivity contribution is 6.07. The van der Waals surface area contributed by atoms with Gasteiger partial charge in [-0.1, -0.05) is 30.3 Å². The first-order valence-electron chi connectivity index (χ1n) is 4.84. The van der Waals surface area contributed by atoms with E-state index in [9.17, 15) is 9.59 Å². The van der Waals surface area contributed by atoms with Gasteiger partial charge < -0.3 is 0 Å². The average molecular weight is 188 g/mol. The van der Waals surface area contributed by atoms with Crippen molar-refractivity contribution in [3.8, 4) is 0 Å². The fourth-order valence-electron chi connectivity index (χ4n) is 1.88. The third-order valence-electron chi connectivity index (χ3n) is 2.63. The van der Waals surface area contributed by atoms with Crippen LogP contribution in [0.1, 0.15) is 18.4 Å². The van der Waals surface area contributed by atoms with Crippen LogP contribution in [0.25, 0.3) is 0 Å². The summed E-state index contributed by atoms with van der Waals surface area (Å²) in [5, 5.41) is 0. The molecular formula is C12H12O2. The first-order valence-corrected chi connectivity index (χ1v) is 4.84. The van der Waals surface area contributed by atoms with E-state index >= 15 is 0 Å². The molecule has 0 amide bonds. The van der Waals surface area contributed by atoms with Crippen molar-refractivity contribution >= 4 is 11.6 Å². The molecular weight excluding hydrogens is 176 g/mol. The SMILES string of the molecule is O=C1CC(=O)[C@H](Cc2ccccc2)C1. The second-order valence-corrected chi connectivity index (χ2v) is 3.77. The van der Waals surface area contributed by atoms with Gasteiger partial charge in [-0.3, -0.25) is 9.59 Å². The molecule has 0 bridgehead atoms. The first kappa shape index (κ1) is 9.13. The minimum Gasteiger partial charge on any atom is -0.299 e. The Labute approximate surface area is 82.9 Å². The molecule has 0 unspecified atom stereocenters. The molecule has 2 heteroatoms. The number of ketones is 2. The van der Waals surface area contributed by atoms with Crippen molar-refractivity contribution < 1.29 is 9.59 Å². The molecule has 1 atom stereocenters. The average Bonchev–Trinajstić information content (AvgIpc) is 2.47. The molecule has 0 aromatic heterocycles. The molecule has 1 aliphatic carbocycles.